The van der Waals surface area contributed by atoms with Gasteiger partial charge in [0.25, 0.3) is 10.2 Å². The summed E-state index contributed by atoms with van der Waals surface area (Å²) < 4.78 is 27.9. The molecule has 0 aromatic heterocycles. The fourth-order valence-electron chi connectivity index (χ4n) is 2.47. The summed E-state index contributed by atoms with van der Waals surface area (Å²) in [7, 11) is -1.56. The largest absolute Gasteiger partial charge is 0.314 e. The highest BCUT2D eigenvalue weighted by Gasteiger charge is 2.36. The van der Waals surface area contributed by atoms with Gasteiger partial charge in [0.15, 0.2) is 0 Å². The fraction of sp³-hybridized carbons (Fsp3) is 1.00. The molecule has 0 bridgehead atoms. The van der Waals surface area contributed by atoms with Gasteiger partial charge in [-0.3, -0.25) is 0 Å². The van der Waals surface area contributed by atoms with Crippen molar-refractivity contribution in [2.45, 2.75) is 39.2 Å². The highest BCUT2D eigenvalue weighted by Crippen LogP contribution is 2.25. The molecule has 112 valence electrons. The summed E-state index contributed by atoms with van der Waals surface area (Å²) in [5, 5.41) is 3.41. The Morgan fingerprint density at radius 2 is 1.79 bits per heavy atom. The van der Waals surface area contributed by atoms with Gasteiger partial charge in [-0.2, -0.15) is 17.0 Å². The third-order valence-corrected chi connectivity index (χ3v) is 6.26. The Hall–Kier alpha value is -0.170. The van der Waals surface area contributed by atoms with Crippen LogP contribution in [-0.4, -0.2) is 56.3 Å². The Morgan fingerprint density at radius 1 is 1.21 bits per heavy atom. The second-order valence-electron chi connectivity index (χ2n) is 6.18. The van der Waals surface area contributed by atoms with E-state index in [2.05, 4.69) is 19.2 Å². The second kappa shape index (κ2) is 6.08. The van der Waals surface area contributed by atoms with Crippen LogP contribution in [0.15, 0.2) is 0 Å². The lowest BCUT2D eigenvalue weighted by atomic mass is 10.0. The lowest BCUT2D eigenvalue weighted by Gasteiger charge is -2.24. The molecule has 1 aliphatic heterocycles. The lowest BCUT2D eigenvalue weighted by molar-refractivity contribution is 0.382. The van der Waals surface area contributed by atoms with E-state index in [0.717, 1.165) is 13.0 Å². The van der Waals surface area contributed by atoms with Crippen LogP contribution in [0.2, 0.25) is 0 Å². The summed E-state index contributed by atoms with van der Waals surface area (Å²) in [6.07, 6.45) is 3.43. The molecule has 2 unspecified atom stereocenters. The summed E-state index contributed by atoms with van der Waals surface area (Å²) >= 11 is 0. The topological polar surface area (TPSA) is 52.7 Å². The number of hydrogen-bond donors (Lipinski definition) is 1. The van der Waals surface area contributed by atoms with Gasteiger partial charge in [0, 0.05) is 32.7 Å². The second-order valence-corrected chi connectivity index (χ2v) is 8.22. The first kappa shape index (κ1) is 15.2. The van der Waals surface area contributed by atoms with E-state index in [9.17, 15) is 8.42 Å². The summed E-state index contributed by atoms with van der Waals surface area (Å²) in [5.41, 5.74) is 0. The van der Waals surface area contributed by atoms with Gasteiger partial charge < -0.3 is 5.32 Å². The monoisotopic (exact) mass is 289 g/mol. The van der Waals surface area contributed by atoms with Crippen LogP contribution in [0, 0.1) is 11.8 Å². The molecule has 2 atom stereocenters. The van der Waals surface area contributed by atoms with Crippen molar-refractivity contribution in [1.82, 2.24) is 13.9 Å². The Morgan fingerprint density at radius 3 is 2.32 bits per heavy atom. The van der Waals surface area contributed by atoms with Crippen LogP contribution in [0.4, 0.5) is 0 Å². The van der Waals surface area contributed by atoms with E-state index in [1.807, 2.05) is 0 Å². The average molecular weight is 289 g/mol. The molecule has 0 aromatic carbocycles. The van der Waals surface area contributed by atoms with Crippen LogP contribution in [0.3, 0.4) is 0 Å². The van der Waals surface area contributed by atoms with Gasteiger partial charge in [-0.1, -0.05) is 13.8 Å². The van der Waals surface area contributed by atoms with E-state index >= 15 is 0 Å². The molecule has 6 heteroatoms. The molecule has 1 saturated heterocycles. The van der Waals surface area contributed by atoms with Crippen molar-refractivity contribution < 1.29 is 8.42 Å². The highest BCUT2D eigenvalue weighted by molar-refractivity contribution is 7.86. The quantitative estimate of drug-likeness (QED) is 0.708. The predicted octanol–water partition coefficient (Wildman–Crippen LogP) is 0.893. The predicted molar refractivity (Wildman–Crippen MR) is 77.1 cm³/mol. The zero-order chi connectivity index (χ0) is 14.0. The summed E-state index contributed by atoms with van der Waals surface area (Å²) in [4.78, 5) is 0. The Labute approximate surface area is 117 Å². The third kappa shape index (κ3) is 3.90. The van der Waals surface area contributed by atoms with Gasteiger partial charge in [-0.25, -0.2) is 0 Å². The van der Waals surface area contributed by atoms with Gasteiger partial charge in [0.1, 0.15) is 0 Å². The first-order valence-corrected chi connectivity index (χ1v) is 8.75. The van der Waals surface area contributed by atoms with E-state index in [4.69, 9.17) is 0 Å². The molecule has 1 aliphatic carbocycles. The molecular weight excluding hydrogens is 262 g/mol. The van der Waals surface area contributed by atoms with Crippen LogP contribution in [0.5, 0.6) is 0 Å². The number of nitrogens with one attached hydrogen (secondary N) is 1. The van der Waals surface area contributed by atoms with Gasteiger partial charge in [-0.05, 0) is 37.6 Å². The van der Waals surface area contributed by atoms with Gasteiger partial charge in [0.05, 0.1) is 0 Å². The maximum Gasteiger partial charge on any atom is 0.281 e. The molecular formula is C13H27N3O2S. The smallest absolute Gasteiger partial charge is 0.281 e. The van der Waals surface area contributed by atoms with Crippen molar-refractivity contribution in [2.75, 3.05) is 33.2 Å². The maximum absolute atomic E-state index is 12.4. The Bertz CT molecular complexity index is 385. The first-order chi connectivity index (χ1) is 8.91. The molecule has 1 N–H and O–H groups in total. The molecule has 0 radical (unpaired) electrons. The van der Waals surface area contributed by atoms with Crippen LogP contribution in [-0.2, 0) is 10.2 Å². The summed E-state index contributed by atoms with van der Waals surface area (Å²) in [5.74, 6) is 0.916. The van der Waals surface area contributed by atoms with Crippen molar-refractivity contribution in [1.29, 1.82) is 0 Å². The Balaban J connectivity index is 1.77. The molecule has 0 aromatic rings. The first-order valence-electron chi connectivity index (χ1n) is 7.36. The average Bonchev–Trinajstić information content (AvgIpc) is 3.11. The summed E-state index contributed by atoms with van der Waals surface area (Å²) in [6, 6.07) is 0.696. The van der Waals surface area contributed by atoms with E-state index in [1.54, 1.807) is 11.4 Å². The number of rotatable bonds is 7. The summed E-state index contributed by atoms with van der Waals surface area (Å²) in [6.45, 7) is 7.08. The normalized spacial score (nSPS) is 29.3. The van der Waals surface area contributed by atoms with E-state index < -0.39 is 10.2 Å². The minimum Gasteiger partial charge on any atom is -0.314 e. The highest BCUT2D eigenvalue weighted by atomic mass is 32.2. The number of nitrogens with zero attached hydrogens (tertiary/aromatic N) is 2. The van der Waals surface area contributed by atoms with Crippen molar-refractivity contribution in [3.8, 4) is 0 Å². The molecule has 5 nitrogen and oxygen atoms in total. The molecule has 2 aliphatic rings. The van der Waals surface area contributed by atoms with Gasteiger partial charge >= 0.3 is 0 Å². The molecule has 0 spiro atoms. The van der Waals surface area contributed by atoms with Crippen molar-refractivity contribution >= 4 is 10.2 Å². The van der Waals surface area contributed by atoms with E-state index in [0.29, 0.717) is 37.5 Å². The molecule has 19 heavy (non-hydrogen) atoms. The zero-order valence-corrected chi connectivity index (χ0v) is 13.1. The maximum atomic E-state index is 12.4. The molecule has 1 saturated carbocycles. The third-order valence-electron chi connectivity index (χ3n) is 4.33. The Kier molecular flexibility index (Phi) is 4.87. The van der Waals surface area contributed by atoms with Crippen molar-refractivity contribution in [3.63, 3.8) is 0 Å². The fourth-order valence-corrected chi connectivity index (χ4v) is 4.07. The minimum atomic E-state index is -3.25. The van der Waals surface area contributed by atoms with Crippen molar-refractivity contribution in [2.24, 2.45) is 11.8 Å². The van der Waals surface area contributed by atoms with E-state index in [-0.39, 0.29) is 0 Å². The number of hydrogen-bond acceptors (Lipinski definition) is 3. The van der Waals surface area contributed by atoms with E-state index in [1.165, 1.54) is 17.1 Å². The zero-order valence-electron chi connectivity index (χ0n) is 12.3. The van der Waals surface area contributed by atoms with Crippen LogP contribution in [0.1, 0.15) is 33.1 Å². The van der Waals surface area contributed by atoms with Crippen LogP contribution in [0.25, 0.3) is 0 Å². The lowest BCUT2D eigenvalue weighted by Crippen LogP contribution is -2.41. The minimum absolute atomic E-state index is 0.458. The standard InChI is InChI=1S/C13H27N3O2S/c1-11-9-16(10-12(11)2)19(17,18)15(3)8-4-7-14-13-5-6-13/h11-14H,4-10H2,1-3H3. The molecule has 0 amide bonds. The van der Waals surface area contributed by atoms with Crippen LogP contribution >= 0.6 is 0 Å². The molecule has 1 heterocycles. The molecule has 2 rings (SSSR count). The molecule has 2 fully saturated rings. The van der Waals surface area contributed by atoms with Gasteiger partial charge in [-0.15, -0.1) is 0 Å². The van der Waals surface area contributed by atoms with Crippen LogP contribution < -0.4 is 5.32 Å². The van der Waals surface area contributed by atoms with Crippen molar-refractivity contribution in [3.05, 3.63) is 0 Å². The van der Waals surface area contributed by atoms with Gasteiger partial charge in [0.2, 0.25) is 0 Å². The SMILES string of the molecule is CC1CN(S(=O)(=O)N(C)CCCNC2CC2)CC1C.